The molecule has 2 aromatic heterocycles. The van der Waals surface area contributed by atoms with Gasteiger partial charge in [-0.2, -0.15) is 0 Å². The molecular weight excluding hydrogens is 408 g/mol. The molecule has 2 aliphatic heterocycles. The summed E-state index contributed by atoms with van der Waals surface area (Å²) >= 11 is 1.55. The number of nitrogens with zero attached hydrogens (tertiary/aromatic N) is 5. The lowest BCUT2D eigenvalue weighted by Gasteiger charge is -2.28. The van der Waals surface area contributed by atoms with E-state index in [4.69, 9.17) is 0 Å². The Balaban J connectivity index is 1.16. The molecule has 162 valence electrons. The Morgan fingerprint density at radius 3 is 2.77 bits per heavy atom. The summed E-state index contributed by atoms with van der Waals surface area (Å²) in [6.07, 6.45) is 7.02. The van der Waals surface area contributed by atoms with Crippen LogP contribution in [0.5, 0.6) is 0 Å². The number of anilines is 1. The lowest BCUT2D eigenvalue weighted by Crippen LogP contribution is -2.37. The van der Waals surface area contributed by atoms with Gasteiger partial charge in [-0.05, 0) is 38.2 Å². The van der Waals surface area contributed by atoms with E-state index in [9.17, 15) is 4.79 Å². The van der Waals surface area contributed by atoms with Gasteiger partial charge in [-0.15, -0.1) is 10.2 Å². The molecule has 0 bridgehead atoms. The van der Waals surface area contributed by atoms with Crippen molar-refractivity contribution >= 4 is 34.5 Å². The number of carbonyl (C=O) groups excluding carboxylic acids is 1. The third kappa shape index (κ3) is 3.60. The van der Waals surface area contributed by atoms with Gasteiger partial charge in [-0.1, -0.05) is 30.0 Å². The fourth-order valence-corrected chi connectivity index (χ4v) is 5.83. The second kappa shape index (κ2) is 7.89. The zero-order chi connectivity index (χ0) is 20.8. The summed E-state index contributed by atoms with van der Waals surface area (Å²) in [4.78, 5) is 21.0. The molecular formula is C23H28N6OS. The zero-order valence-electron chi connectivity index (χ0n) is 17.7. The Morgan fingerprint density at radius 2 is 1.94 bits per heavy atom. The summed E-state index contributed by atoms with van der Waals surface area (Å²) in [6.45, 7) is 3.59. The molecule has 0 spiro atoms. The highest BCUT2D eigenvalue weighted by Crippen LogP contribution is 2.41. The van der Waals surface area contributed by atoms with E-state index in [1.54, 1.807) is 11.8 Å². The van der Waals surface area contributed by atoms with Crippen molar-refractivity contribution in [2.24, 2.45) is 0 Å². The SMILES string of the molecule is O=C(CSc1nnc(N2CCCCC2)n1C1CC1)N1CCc2[nH]c3ccccc3c2C1. The van der Waals surface area contributed by atoms with Crippen molar-refractivity contribution in [1.82, 2.24) is 24.6 Å². The molecule has 6 rings (SSSR count). The molecule has 3 aromatic rings. The van der Waals surface area contributed by atoms with Gasteiger partial charge in [0, 0.05) is 60.8 Å². The zero-order valence-corrected chi connectivity index (χ0v) is 18.5. The summed E-state index contributed by atoms with van der Waals surface area (Å²) in [5.74, 6) is 1.62. The van der Waals surface area contributed by atoms with E-state index in [1.807, 2.05) is 4.90 Å². The first-order valence-corrected chi connectivity index (χ1v) is 12.5. The van der Waals surface area contributed by atoms with E-state index >= 15 is 0 Å². The average molecular weight is 437 g/mol. The number of nitrogens with one attached hydrogen (secondary N) is 1. The Kier molecular flexibility index (Phi) is 4.89. The lowest BCUT2D eigenvalue weighted by atomic mass is 10.0. The number of aromatic amines is 1. The molecule has 2 fully saturated rings. The summed E-state index contributed by atoms with van der Waals surface area (Å²) in [6, 6.07) is 8.89. The normalized spacial score (nSPS) is 19.1. The van der Waals surface area contributed by atoms with Crippen molar-refractivity contribution in [2.75, 3.05) is 30.3 Å². The molecule has 4 heterocycles. The average Bonchev–Trinajstić information content (AvgIpc) is 3.46. The van der Waals surface area contributed by atoms with Gasteiger partial charge in [0.1, 0.15) is 0 Å². The van der Waals surface area contributed by atoms with E-state index in [0.29, 0.717) is 18.3 Å². The van der Waals surface area contributed by atoms with Crippen LogP contribution in [0.4, 0.5) is 5.95 Å². The third-order valence-electron chi connectivity index (χ3n) is 6.76. The molecule has 1 saturated carbocycles. The number of aromatic nitrogens is 4. The van der Waals surface area contributed by atoms with Gasteiger partial charge in [0.05, 0.1) is 5.75 Å². The minimum atomic E-state index is 0.186. The Morgan fingerprint density at radius 1 is 1.10 bits per heavy atom. The van der Waals surface area contributed by atoms with Gasteiger partial charge < -0.3 is 14.8 Å². The minimum absolute atomic E-state index is 0.186. The highest BCUT2D eigenvalue weighted by molar-refractivity contribution is 7.99. The molecule has 8 heteroatoms. The maximum atomic E-state index is 13.1. The van der Waals surface area contributed by atoms with Crippen LogP contribution in [0.3, 0.4) is 0 Å². The molecule has 1 saturated heterocycles. The topological polar surface area (TPSA) is 70.1 Å². The van der Waals surface area contributed by atoms with Crippen LogP contribution in [0.2, 0.25) is 0 Å². The van der Waals surface area contributed by atoms with Gasteiger partial charge in [-0.3, -0.25) is 9.36 Å². The summed E-state index contributed by atoms with van der Waals surface area (Å²) in [5, 5.41) is 11.2. The van der Waals surface area contributed by atoms with Crippen LogP contribution >= 0.6 is 11.8 Å². The van der Waals surface area contributed by atoms with Crippen LogP contribution < -0.4 is 4.90 Å². The number of carbonyl (C=O) groups is 1. The highest BCUT2D eigenvalue weighted by Gasteiger charge is 2.32. The number of piperidine rings is 1. The Bertz CT molecular complexity index is 1110. The van der Waals surface area contributed by atoms with Crippen LogP contribution in [-0.2, 0) is 17.8 Å². The van der Waals surface area contributed by atoms with Gasteiger partial charge in [0.25, 0.3) is 0 Å². The number of fused-ring (bicyclic) bond motifs is 3. The van der Waals surface area contributed by atoms with E-state index < -0.39 is 0 Å². The fourth-order valence-electron chi connectivity index (χ4n) is 4.93. The summed E-state index contributed by atoms with van der Waals surface area (Å²) in [7, 11) is 0. The molecule has 1 N–H and O–H groups in total. The van der Waals surface area contributed by atoms with Crippen molar-refractivity contribution in [3.63, 3.8) is 0 Å². The van der Waals surface area contributed by atoms with Gasteiger partial charge in [0.2, 0.25) is 11.9 Å². The molecule has 1 aliphatic carbocycles. The van der Waals surface area contributed by atoms with Crippen LogP contribution in [0.25, 0.3) is 10.9 Å². The molecule has 7 nitrogen and oxygen atoms in total. The smallest absolute Gasteiger partial charge is 0.233 e. The number of hydrogen-bond acceptors (Lipinski definition) is 5. The van der Waals surface area contributed by atoms with Gasteiger partial charge in [-0.25, -0.2) is 0 Å². The van der Waals surface area contributed by atoms with Crippen molar-refractivity contribution in [1.29, 1.82) is 0 Å². The first kappa shape index (κ1) is 19.2. The van der Waals surface area contributed by atoms with Gasteiger partial charge >= 0.3 is 0 Å². The third-order valence-corrected chi connectivity index (χ3v) is 7.69. The highest BCUT2D eigenvalue weighted by atomic mass is 32.2. The number of amides is 1. The fraction of sp³-hybridized carbons (Fsp3) is 0.522. The molecule has 0 unspecified atom stereocenters. The van der Waals surface area contributed by atoms with Gasteiger partial charge in [0.15, 0.2) is 5.16 Å². The number of thioether (sulfide) groups is 1. The Labute approximate surface area is 186 Å². The predicted octanol–water partition coefficient (Wildman–Crippen LogP) is 3.76. The first-order valence-electron chi connectivity index (χ1n) is 11.5. The number of para-hydroxylation sites is 1. The second-order valence-electron chi connectivity index (χ2n) is 8.91. The lowest BCUT2D eigenvalue weighted by molar-refractivity contribution is -0.129. The molecule has 3 aliphatic rings. The molecule has 0 radical (unpaired) electrons. The largest absolute Gasteiger partial charge is 0.358 e. The summed E-state index contributed by atoms with van der Waals surface area (Å²) in [5.41, 5.74) is 3.71. The number of hydrogen-bond donors (Lipinski definition) is 1. The monoisotopic (exact) mass is 436 g/mol. The number of rotatable bonds is 5. The predicted molar refractivity (Wildman–Crippen MR) is 123 cm³/mol. The first-order chi connectivity index (χ1) is 15.3. The van der Waals surface area contributed by atoms with Crippen molar-refractivity contribution in [3.8, 4) is 0 Å². The standard InChI is InChI=1S/C23H28N6OS/c30-21(28-13-10-20-18(14-28)17-6-2-3-7-19(17)24-20)15-31-23-26-25-22(29(23)16-8-9-16)27-11-4-1-5-12-27/h2-3,6-7,16,24H,1,4-5,8-15H2. The second-order valence-corrected chi connectivity index (χ2v) is 9.86. The van der Waals surface area contributed by atoms with Crippen LogP contribution in [0.1, 0.15) is 49.4 Å². The van der Waals surface area contributed by atoms with E-state index in [1.165, 1.54) is 54.3 Å². The van der Waals surface area contributed by atoms with Crippen LogP contribution in [0.15, 0.2) is 29.4 Å². The maximum absolute atomic E-state index is 13.1. The van der Waals surface area contributed by atoms with E-state index in [0.717, 1.165) is 37.2 Å². The summed E-state index contributed by atoms with van der Waals surface area (Å²) < 4.78 is 2.30. The maximum Gasteiger partial charge on any atom is 0.233 e. The Hall–Kier alpha value is -2.48. The van der Waals surface area contributed by atoms with E-state index in [2.05, 4.69) is 48.9 Å². The molecule has 1 amide bonds. The number of benzene rings is 1. The van der Waals surface area contributed by atoms with E-state index in [-0.39, 0.29) is 5.91 Å². The quantitative estimate of drug-likeness (QED) is 0.617. The van der Waals surface area contributed by atoms with Crippen molar-refractivity contribution in [3.05, 3.63) is 35.5 Å². The molecule has 1 aromatic carbocycles. The van der Waals surface area contributed by atoms with Crippen LogP contribution in [-0.4, -0.2) is 55.9 Å². The molecule has 0 atom stereocenters. The molecule has 31 heavy (non-hydrogen) atoms. The van der Waals surface area contributed by atoms with Crippen LogP contribution in [0, 0.1) is 0 Å². The van der Waals surface area contributed by atoms with Crippen molar-refractivity contribution < 1.29 is 4.79 Å². The number of H-pyrrole nitrogens is 1. The minimum Gasteiger partial charge on any atom is -0.358 e. The van der Waals surface area contributed by atoms with Crippen molar-refractivity contribution in [2.45, 2.75) is 56.3 Å².